The minimum absolute atomic E-state index is 0.631. The first-order valence-corrected chi connectivity index (χ1v) is 11.6. The summed E-state index contributed by atoms with van der Waals surface area (Å²) in [4.78, 5) is 0. The predicted molar refractivity (Wildman–Crippen MR) is 131 cm³/mol. The zero-order chi connectivity index (χ0) is 23.0. The monoisotopic (exact) mass is 440 g/mol. The molecule has 0 fully saturated rings. The van der Waals surface area contributed by atoms with E-state index in [1.54, 1.807) is 12.4 Å². The molecule has 0 aromatic heterocycles. The molecule has 0 saturated carbocycles. The van der Waals surface area contributed by atoms with Crippen molar-refractivity contribution in [2.45, 2.75) is 53.4 Å². The van der Waals surface area contributed by atoms with Crippen molar-refractivity contribution in [3.8, 4) is 23.0 Å². The van der Waals surface area contributed by atoms with E-state index in [2.05, 4.69) is 37.9 Å². The summed E-state index contributed by atoms with van der Waals surface area (Å²) in [6.45, 7) is 10.9. The summed E-state index contributed by atoms with van der Waals surface area (Å²) in [7, 11) is 0. The van der Waals surface area contributed by atoms with E-state index in [-0.39, 0.29) is 0 Å². The fourth-order valence-corrected chi connectivity index (χ4v) is 2.73. The third-order valence-electron chi connectivity index (χ3n) is 4.30. The lowest BCUT2D eigenvalue weighted by molar-refractivity contribution is 0.301. The molecule has 0 amide bonds. The minimum atomic E-state index is 0.631. The molecule has 0 atom stereocenters. The van der Waals surface area contributed by atoms with Gasteiger partial charge in [0.15, 0.2) is 0 Å². The standard InChI is InChI=1S/C26H36N2O4/c1-5-13-29-23-11-9-21(25(17-23)31-15-7-3)19-27-28-20-22-10-12-24(30-14-6-2)18-26(22)32-16-8-4/h9-12,17-20H,5-8,13-16H2,1-4H3. The highest BCUT2D eigenvalue weighted by Gasteiger charge is 2.06. The first kappa shape index (κ1) is 25.2. The molecular formula is C26H36N2O4. The Balaban J connectivity index is 2.15. The highest BCUT2D eigenvalue weighted by Crippen LogP contribution is 2.25. The highest BCUT2D eigenvalue weighted by molar-refractivity contribution is 5.86. The summed E-state index contributed by atoms with van der Waals surface area (Å²) in [5.41, 5.74) is 1.70. The average Bonchev–Trinajstić information content (AvgIpc) is 2.82. The summed E-state index contributed by atoms with van der Waals surface area (Å²) in [5, 5.41) is 8.46. The first-order chi connectivity index (χ1) is 15.7. The van der Waals surface area contributed by atoms with Crippen LogP contribution in [-0.4, -0.2) is 38.9 Å². The third kappa shape index (κ3) is 8.61. The molecule has 0 bridgehead atoms. The average molecular weight is 441 g/mol. The van der Waals surface area contributed by atoms with Crippen LogP contribution >= 0.6 is 0 Å². The molecule has 0 aliphatic carbocycles. The molecule has 0 aliphatic rings. The van der Waals surface area contributed by atoms with Gasteiger partial charge in [-0.05, 0) is 49.9 Å². The van der Waals surface area contributed by atoms with Crippen LogP contribution in [0.3, 0.4) is 0 Å². The zero-order valence-electron chi connectivity index (χ0n) is 19.8. The van der Waals surface area contributed by atoms with Crippen molar-refractivity contribution < 1.29 is 18.9 Å². The molecule has 0 aliphatic heterocycles. The Morgan fingerprint density at radius 3 is 1.31 bits per heavy atom. The van der Waals surface area contributed by atoms with Gasteiger partial charge in [-0.3, -0.25) is 0 Å². The normalized spacial score (nSPS) is 11.2. The molecule has 174 valence electrons. The van der Waals surface area contributed by atoms with Gasteiger partial charge in [0.2, 0.25) is 0 Å². The minimum Gasteiger partial charge on any atom is -0.493 e. The van der Waals surface area contributed by atoms with Gasteiger partial charge in [0.05, 0.1) is 38.9 Å². The van der Waals surface area contributed by atoms with Gasteiger partial charge in [-0.15, -0.1) is 0 Å². The fourth-order valence-electron chi connectivity index (χ4n) is 2.73. The second-order valence-electron chi connectivity index (χ2n) is 7.28. The third-order valence-corrected chi connectivity index (χ3v) is 4.30. The van der Waals surface area contributed by atoms with Crippen molar-refractivity contribution >= 4 is 12.4 Å². The van der Waals surface area contributed by atoms with Crippen molar-refractivity contribution in [2.75, 3.05) is 26.4 Å². The van der Waals surface area contributed by atoms with Gasteiger partial charge in [0, 0.05) is 23.3 Å². The van der Waals surface area contributed by atoms with Gasteiger partial charge in [-0.25, -0.2) is 0 Å². The second kappa shape index (κ2) is 14.9. The van der Waals surface area contributed by atoms with Gasteiger partial charge in [0.25, 0.3) is 0 Å². The van der Waals surface area contributed by atoms with Crippen LogP contribution in [0.2, 0.25) is 0 Å². The van der Waals surface area contributed by atoms with Gasteiger partial charge < -0.3 is 18.9 Å². The number of rotatable bonds is 15. The summed E-state index contributed by atoms with van der Waals surface area (Å²) in [6.07, 6.45) is 7.14. The maximum Gasteiger partial charge on any atom is 0.131 e. The lowest BCUT2D eigenvalue weighted by Crippen LogP contribution is -2.01. The Kier molecular flexibility index (Phi) is 11.7. The van der Waals surface area contributed by atoms with Crippen molar-refractivity contribution in [3.05, 3.63) is 47.5 Å². The van der Waals surface area contributed by atoms with E-state index < -0.39 is 0 Å². The topological polar surface area (TPSA) is 61.6 Å². The van der Waals surface area contributed by atoms with E-state index in [0.29, 0.717) is 26.4 Å². The van der Waals surface area contributed by atoms with E-state index in [1.165, 1.54) is 0 Å². The van der Waals surface area contributed by atoms with Gasteiger partial charge >= 0.3 is 0 Å². The van der Waals surface area contributed by atoms with Gasteiger partial charge in [0.1, 0.15) is 23.0 Å². The van der Waals surface area contributed by atoms with Crippen molar-refractivity contribution in [1.29, 1.82) is 0 Å². The summed E-state index contributed by atoms with van der Waals surface area (Å²) >= 11 is 0. The summed E-state index contributed by atoms with van der Waals surface area (Å²) < 4.78 is 23.2. The van der Waals surface area contributed by atoms with Crippen LogP contribution in [0.1, 0.15) is 64.5 Å². The molecule has 6 nitrogen and oxygen atoms in total. The zero-order valence-corrected chi connectivity index (χ0v) is 19.8. The van der Waals surface area contributed by atoms with Crippen LogP contribution in [-0.2, 0) is 0 Å². The molecule has 0 heterocycles. The molecule has 32 heavy (non-hydrogen) atoms. The van der Waals surface area contributed by atoms with Gasteiger partial charge in [-0.2, -0.15) is 10.2 Å². The Hall–Kier alpha value is -3.02. The Labute approximate surface area is 192 Å². The van der Waals surface area contributed by atoms with Crippen LogP contribution in [0.5, 0.6) is 23.0 Å². The Bertz CT molecular complexity index is 793. The lowest BCUT2D eigenvalue weighted by atomic mass is 10.2. The molecule has 0 saturated heterocycles. The smallest absolute Gasteiger partial charge is 0.131 e. The van der Waals surface area contributed by atoms with Crippen LogP contribution in [0.15, 0.2) is 46.6 Å². The van der Waals surface area contributed by atoms with Crippen molar-refractivity contribution in [1.82, 2.24) is 0 Å². The van der Waals surface area contributed by atoms with Gasteiger partial charge in [-0.1, -0.05) is 27.7 Å². The van der Waals surface area contributed by atoms with E-state index in [9.17, 15) is 0 Å². The fraction of sp³-hybridized carbons (Fsp3) is 0.462. The van der Waals surface area contributed by atoms with E-state index in [1.807, 2.05) is 36.4 Å². The van der Waals surface area contributed by atoms with E-state index in [0.717, 1.165) is 59.8 Å². The Morgan fingerprint density at radius 1 is 0.562 bits per heavy atom. The number of hydrogen-bond acceptors (Lipinski definition) is 6. The predicted octanol–water partition coefficient (Wildman–Crippen LogP) is 6.29. The van der Waals surface area contributed by atoms with Crippen LogP contribution in [0, 0.1) is 0 Å². The maximum absolute atomic E-state index is 5.87. The molecule has 2 aromatic rings. The highest BCUT2D eigenvalue weighted by atomic mass is 16.5. The molecule has 2 rings (SSSR count). The van der Waals surface area contributed by atoms with Crippen molar-refractivity contribution in [3.63, 3.8) is 0 Å². The summed E-state index contributed by atoms with van der Waals surface area (Å²) in [6, 6.07) is 11.5. The quantitative estimate of drug-likeness (QED) is 0.241. The molecule has 0 unspecified atom stereocenters. The Morgan fingerprint density at radius 2 is 0.938 bits per heavy atom. The molecule has 0 spiro atoms. The number of hydrogen-bond donors (Lipinski definition) is 0. The molecule has 0 N–H and O–H groups in total. The lowest BCUT2D eigenvalue weighted by Gasteiger charge is -2.11. The molecule has 6 heteroatoms. The number of benzene rings is 2. The maximum atomic E-state index is 5.87. The van der Waals surface area contributed by atoms with E-state index in [4.69, 9.17) is 18.9 Å². The summed E-state index contributed by atoms with van der Waals surface area (Å²) in [5.74, 6) is 3.07. The van der Waals surface area contributed by atoms with Crippen LogP contribution < -0.4 is 18.9 Å². The van der Waals surface area contributed by atoms with Crippen LogP contribution in [0.4, 0.5) is 0 Å². The van der Waals surface area contributed by atoms with Crippen molar-refractivity contribution in [2.24, 2.45) is 10.2 Å². The number of ether oxygens (including phenoxy) is 4. The van der Waals surface area contributed by atoms with E-state index >= 15 is 0 Å². The number of nitrogens with zero attached hydrogens (tertiary/aromatic N) is 2. The molecule has 2 aromatic carbocycles. The first-order valence-electron chi connectivity index (χ1n) is 11.6. The second-order valence-corrected chi connectivity index (χ2v) is 7.28. The molecule has 0 radical (unpaired) electrons. The SMILES string of the molecule is CCCOc1ccc(C=NN=Cc2ccc(OCCC)cc2OCCC)c(OCCC)c1. The van der Waals surface area contributed by atoms with Crippen LogP contribution in [0.25, 0.3) is 0 Å². The molecular weight excluding hydrogens is 404 g/mol. The largest absolute Gasteiger partial charge is 0.493 e.